The molecule has 0 amide bonds. The van der Waals surface area contributed by atoms with Gasteiger partial charge in [0.25, 0.3) is 5.69 Å². The Morgan fingerprint density at radius 3 is 2.51 bits per heavy atom. The number of aryl methyl sites for hydroxylation is 2. The molecule has 0 spiro atoms. The molecule has 6 nitrogen and oxygen atoms in total. The van der Waals surface area contributed by atoms with Crippen molar-refractivity contribution in [2.75, 3.05) is 32.7 Å². The fourth-order valence-corrected chi connectivity index (χ4v) is 5.91. The van der Waals surface area contributed by atoms with E-state index in [0.717, 1.165) is 56.5 Å². The molecule has 6 heteroatoms. The number of pyridine rings is 1. The van der Waals surface area contributed by atoms with Crippen molar-refractivity contribution in [1.82, 2.24) is 14.8 Å². The van der Waals surface area contributed by atoms with Crippen molar-refractivity contribution in [2.24, 2.45) is 0 Å². The number of rotatable bonds is 5. The Balaban J connectivity index is 1.16. The zero-order valence-corrected chi connectivity index (χ0v) is 20.8. The van der Waals surface area contributed by atoms with Gasteiger partial charge in [-0.2, -0.15) is 0 Å². The fraction of sp³-hybridized carbons (Fsp3) is 0.258. The van der Waals surface area contributed by atoms with Crippen molar-refractivity contribution in [3.05, 3.63) is 123 Å². The summed E-state index contributed by atoms with van der Waals surface area (Å²) < 4.78 is 0. The second-order valence-corrected chi connectivity index (χ2v) is 9.86. The lowest BCUT2D eigenvalue weighted by Gasteiger charge is -2.40. The van der Waals surface area contributed by atoms with E-state index in [1.54, 1.807) is 12.1 Å². The van der Waals surface area contributed by atoms with Crippen molar-refractivity contribution < 1.29 is 4.92 Å². The molecular weight excluding hydrogens is 460 g/mol. The lowest BCUT2D eigenvalue weighted by Crippen LogP contribution is -2.47. The van der Waals surface area contributed by atoms with Crippen LogP contribution in [0.4, 0.5) is 5.69 Å². The second kappa shape index (κ2) is 10.2. The maximum atomic E-state index is 11.4. The van der Waals surface area contributed by atoms with E-state index in [2.05, 4.69) is 58.4 Å². The largest absolute Gasteiger partial charge is 0.297 e. The molecular formula is C31H30N4O2. The molecule has 1 atom stereocenters. The van der Waals surface area contributed by atoms with Crippen molar-refractivity contribution >= 4 is 22.5 Å². The van der Waals surface area contributed by atoms with Gasteiger partial charge in [-0.05, 0) is 52.6 Å². The van der Waals surface area contributed by atoms with E-state index in [1.165, 1.54) is 22.4 Å². The Morgan fingerprint density at radius 2 is 1.65 bits per heavy atom. The Labute approximate surface area is 217 Å². The van der Waals surface area contributed by atoms with E-state index in [0.29, 0.717) is 5.39 Å². The minimum Gasteiger partial charge on any atom is -0.297 e. The molecule has 6 rings (SSSR count). The van der Waals surface area contributed by atoms with Crippen LogP contribution >= 0.6 is 0 Å². The molecule has 1 aliphatic heterocycles. The maximum absolute atomic E-state index is 11.4. The Kier molecular flexibility index (Phi) is 6.51. The lowest BCUT2D eigenvalue weighted by molar-refractivity contribution is -0.383. The lowest BCUT2D eigenvalue weighted by atomic mass is 9.94. The van der Waals surface area contributed by atoms with Gasteiger partial charge in [-0.3, -0.25) is 24.9 Å². The number of aromatic nitrogens is 1. The van der Waals surface area contributed by atoms with Gasteiger partial charge in [0.1, 0.15) is 0 Å². The molecule has 1 unspecified atom stereocenters. The molecule has 1 aromatic heterocycles. The first-order chi connectivity index (χ1) is 18.2. The molecule has 1 aliphatic carbocycles. The number of nitro groups is 1. The van der Waals surface area contributed by atoms with Crippen LogP contribution in [0.25, 0.3) is 16.8 Å². The molecule has 0 N–H and O–H groups in total. The summed E-state index contributed by atoms with van der Waals surface area (Å²) in [6, 6.07) is 24.5. The van der Waals surface area contributed by atoms with Gasteiger partial charge >= 0.3 is 0 Å². The minimum atomic E-state index is -0.309. The minimum absolute atomic E-state index is 0.153. The number of fused-ring (bicyclic) bond motifs is 3. The third kappa shape index (κ3) is 4.66. The van der Waals surface area contributed by atoms with Crippen molar-refractivity contribution in [3.63, 3.8) is 0 Å². The molecule has 1 fully saturated rings. The average molecular weight is 491 g/mol. The standard InChI is InChI=1S/C31H30N4O2/c36-35(37)30-14-4-11-25-23(8-3-12-27(25)30)9-6-18-33-19-21-34(22-20-33)31-26-10-2-1-7-24(26)15-16-29-28(31)13-5-17-32-29/h1-14,17,31H,15-16,18-22H2. The smallest absolute Gasteiger partial charge is 0.277 e. The summed E-state index contributed by atoms with van der Waals surface area (Å²) >= 11 is 0. The summed E-state index contributed by atoms with van der Waals surface area (Å²) in [6.07, 6.45) is 8.24. The molecule has 0 radical (unpaired) electrons. The molecule has 37 heavy (non-hydrogen) atoms. The molecule has 1 saturated heterocycles. The van der Waals surface area contributed by atoms with Gasteiger partial charge < -0.3 is 0 Å². The van der Waals surface area contributed by atoms with Crippen molar-refractivity contribution in [1.29, 1.82) is 0 Å². The molecule has 0 bridgehead atoms. The van der Waals surface area contributed by atoms with Gasteiger partial charge in [-0.25, -0.2) is 0 Å². The average Bonchev–Trinajstić information content (AvgIpc) is 3.10. The van der Waals surface area contributed by atoms with Crippen LogP contribution < -0.4 is 0 Å². The van der Waals surface area contributed by atoms with Crippen LogP contribution in [0, 0.1) is 10.1 Å². The number of nitro benzene ring substituents is 1. The number of hydrogen-bond donors (Lipinski definition) is 0. The van der Waals surface area contributed by atoms with Gasteiger partial charge in [0.05, 0.1) is 16.4 Å². The Morgan fingerprint density at radius 1 is 0.865 bits per heavy atom. The Hall–Kier alpha value is -3.87. The van der Waals surface area contributed by atoms with Gasteiger partial charge in [0.15, 0.2) is 0 Å². The summed E-state index contributed by atoms with van der Waals surface area (Å²) in [6.45, 7) is 4.86. The van der Waals surface area contributed by atoms with E-state index < -0.39 is 0 Å². The third-order valence-corrected chi connectivity index (χ3v) is 7.76. The van der Waals surface area contributed by atoms with Crippen LogP contribution in [0.15, 0.2) is 85.1 Å². The predicted octanol–water partition coefficient (Wildman–Crippen LogP) is 5.66. The quantitative estimate of drug-likeness (QED) is 0.267. The van der Waals surface area contributed by atoms with Crippen LogP contribution in [-0.2, 0) is 12.8 Å². The first-order valence-corrected chi connectivity index (χ1v) is 13.0. The summed E-state index contributed by atoms with van der Waals surface area (Å²) in [4.78, 5) is 21.0. The zero-order valence-electron chi connectivity index (χ0n) is 20.8. The summed E-state index contributed by atoms with van der Waals surface area (Å²) in [7, 11) is 0. The van der Waals surface area contributed by atoms with E-state index in [4.69, 9.17) is 4.98 Å². The van der Waals surface area contributed by atoms with E-state index >= 15 is 0 Å². The van der Waals surface area contributed by atoms with E-state index in [1.807, 2.05) is 30.5 Å². The normalized spacial score (nSPS) is 18.4. The fourth-order valence-electron chi connectivity index (χ4n) is 5.91. The van der Waals surface area contributed by atoms with Crippen molar-refractivity contribution in [2.45, 2.75) is 18.9 Å². The molecule has 0 saturated carbocycles. The first-order valence-electron chi connectivity index (χ1n) is 13.0. The maximum Gasteiger partial charge on any atom is 0.277 e. The number of nitrogens with zero attached hydrogens (tertiary/aromatic N) is 4. The van der Waals surface area contributed by atoms with Gasteiger partial charge in [0.2, 0.25) is 0 Å². The topological polar surface area (TPSA) is 62.5 Å². The van der Waals surface area contributed by atoms with E-state index in [-0.39, 0.29) is 16.7 Å². The second-order valence-electron chi connectivity index (χ2n) is 9.86. The van der Waals surface area contributed by atoms with Crippen LogP contribution in [0.1, 0.15) is 34.0 Å². The zero-order chi connectivity index (χ0) is 25.2. The number of piperazine rings is 1. The number of hydrogen-bond acceptors (Lipinski definition) is 5. The molecule has 186 valence electrons. The van der Waals surface area contributed by atoms with Gasteiger partial charge in [0, 0.05) is 50.7 Å². The highest BCUT2D eigenvalue weighted by molar-refractivity contribution is 5.96. The highest BCUT2D eigenvalue weighted by Gasteiger charge is 2.31. The Bertz CT molecular complexity index is 1430. The van der Waals surface area contributed by atoms with Crippen LogP contribution in [0.2, 0.25) is 0 Å². The first kappa shape index (κ1) is 23.5. The van der Waals surface area contributed by atoms with Crippen LogP contribution in [0.3, 0.4) is 0 Å². The highest BCUT2D eigenvalue weighted by atomic mass is 16.6. The third-order valence-electron chi connectivity index (χ3n) is 7.76. The highest BCUT2D eigenvalue weighted by Crippen LogP contribution is 2.36. The van der Waals surface area contributed by atoms with Gasteiger partial charge in [-0.1, -0.05) is 66.7 Å². The molecule has 2 aliphatic rings. The van der Waals surface area contributed by atoms with Crippen molar-refractivity contribution in [3.8, 4) is 0 Å². The number of non-ortho nitro benzene ring substituents is 1. The summed E-state index contributed by atoms with van der Waals surface area (Å²) in [5.74, 6) is 0. The van der Waals surface area contributed by atoms with E-state index in [9.17, 15) is 10.1 Å². The van der Waals surface area contributed by atoms with Crippen LogP contribution in [-0.4, -0.2) is 52.4 Å². The number of benzene rings is 3. The van der Waals surface area contributed by atoms with Gasteiger partial charge in [-0.15, -0.1) is 0 Å². The molecule has 3 aromatic carbocycles. The summed E-state index contributed by atoms with van der Waals surface area (Å²) in [5, 5.41) is 13.0. The monoisotopic (exact) mass is 490 g/mol. The SMILES string of the molecule is O=[N+]([O-])c1cccc2c(C=CCN3CCN(C4c5ccccc5CCc5ncccc54)CC3)cccc12. The molecule has 4 aromatic rings. The molecule has 2 heterocycles. The summed E-state index contributed by atoms with van der Waals surface area (Å²) in [5.41, 5.74) is 6.61. The predicted molar refractivity (Wildman–Crippen MR) is 148 cm³/mol. The van der Waals surface area contributed by atoms with Crippen LogP contribution in [0.5, 0.6) is 0 Å².